The van der Waals surface area contributed by atoms with E-state index in [0.29, 0.717) is 10.6 Å². The number of ether oxygens (including phenoxy) is 1. The van der Waals surface area contributed by atoms with Crippen LogP contribution < -0.4 is 5.32 Å². The smallest absolute Gasteiger partial charge is 0.341 e. The molecule has 0 aromatic carbocycles. The first kappa shape index (κ1) is 17.7. The monoisotopic (exact) mass is 337 g/mol. The van der Waals surface area contributed by atoms with Crippen LogP contribution >= 0.6 is 11.3 Å². The Hall–Kier alpha value is -1.69. The summed E-state index contributed by atoms with van der Waals surface area (Å²) in [6.45, 7) is 8.80. The van der Waals surface area contributed by atoms with Gasteiger partial charge in [-0.3, -0.25) is 9.59 Å². The average Bonchev–Trinajstić information content (AvgIpc) is 3.24. The first-order valence-electron chi connectivity index (χ1n) is 7.72. The zero-order chi connectivity index (χ0) is 17.4. The number of hydrogen-bond acceptors (Lipinski definition) is 5. The number of esters is 1. The Kier molecular flexibility index (Phi) is 4.94. The van der Waals surface area contributed by atoms with Crippen LogP contribution in [-0.2, 0) is 14.3 Å². The minimum absolute atomic E-state index is 0.0499. The number of nitrogens with one attached hydrogen (secondary N) is 1. The van der Waals surface area contributed by atoms with Crippen LogP contribution in [0, 0.1) is 25.2 Å². The summed E-state index contributed by atoms with van der Waals surface area (Å²) in [4.78, 5) is 37.2. The second kappa shape index (κ2) is 6.43. The van der Waals surface area contributed by atoms with Crippen molar-refractivity contribution in [3.8, 4) is 0 Å². The molecule has 1 fully saturated rings. The summed E-state index contributed by atoms with van der Waals surface area (Å²) in [5.74, 6) is -0.690. The summed E-state index contributed by atoms with van der Waals surface area (Å²) in [7, 11) is 0. The molecule has 0 saturated heterocycles. The highest BCUT2D eigenvalue weighted by molar-refractivity contribution is 7.16. The molecule has 0 bridgehead atoms. The van der Waals surface area contributed by atoms with Gasteiger partial charge in [0.25, 0.3) is 0 Å². The van der Waals surface area contributed by atoms with Crippen molar-refractivity contribution in [2.24, 2.45) is 11.3 Å². The van der Waals surface area contributed by atoms with Gasteiger partial charge in [-0.05, 0) is 32.3 Å². The lowest BCUT2D eigenvalue weighted by Crippen LogP contribution is -2.26. The molecule has 0 aliphatic heterocycles. The molecular formula is C17H23NO4S. The van der Waals surface area contributed by atoms with Gasteiger partial charge in [-0.2, -0.15) is 0 Å². The molecule has 0 spiro atoms. The fourth-order valence-electron chi connectivity index (χ4n) is 1.94. The zero-order valence-corrected chi connectivity index (χ0v) is 15.1. The largest absolute Gasteiger partial charge is 0.454 e. The lowest BCUT2D eigenvalue weighted by atomic mass is 9.91. The van der Waals surface area contributed by atoms with Crippen LogP contribution in [-0.4, -0.2) is 24.3 Å². The summed E-state index contributed by atoms with van der Waals surface area (Å²) in [5, 5.41) is 3.35. The van der Waals surface area contributed by atoms with Gasteiger partial charge in [-0.1, -0.05) is 20.8 Å². The van der Waals surface area contributed by atoms with Crippen LogP contribution in [0.2, 0.25) is 0 Å². The normalized spacial score (nSPS) is 14.5. The van der Waals surface area contributed by atoms with E-state index in [0.717, 1.165) is 23.3 Å². The number of thiophene rings is 1. The molecular weight excluding hydrogens is 314 g/mol. The molecule has 126 valence electrons. The van der Waals surface area contributed by atoms with Crippen LogP contribution in [0.5, 0.6) is 0 Å². The fraction of sp³-hybridized carbons (Fsp3) is 0.588. The number of amides is 1. The summed E-state index contributed by atoms with van der Waals surface area (Å²) >= 11 is 1.36. The molecule has 23 heavy (non-hydrogen) atoms. The van der Waals surface area contributed by atoms with E-state index in [1.807, 2.05) is 13.8 Å². The van der Waals surface area contributed by atoms with Gasteiger partial charge in [0, 0.05) is 16.2 Å². The standard InChI is InChI=1S/C17H23NO4S/c1-9-10(2)23-15(18-14(20)11-6-7-11)13(9)16(21)22-8-12(19)17(3,4)5/h11H,6-8H2,1-5H3,(H,18,20). The number of aryl methyl sites for hydroxylation is 1. The Labute approximate surface area is 140 Å². The summed E-state index contributed by atoms with van der Waals surface area (Å²) in [5.41, 5.74) is 0.598. The molecule has 1 amide bonds. The number of carbonyl (C=O) groups excluding carboxylic acids is 3. The minimum Gasteiger partial charge on any atom is -0.454 e. The number of ketones is 1. The number of Topliss-reactive ketones (excluding diaryl/α,β-unsaturated/α-hetero) is 1. The molecule has 2 rings (SSSR count). The fourth-order valence-corrected chi connectivity index (χ4v) is 2.99. The van der Waals surface area contributed by atoms with Crippen molar-refractivity contribution in [1.29, 1.82) is 0 Å². The van der Waals surface area contributed by atoms with Crippen LogP contribution in [0.4, 0.5) is 5.00 Å². The number of rotatable bonds is 5. The van der Waals surface area contributed by atoms with E-state index in [4.69, 9.17) is 4.74 Å². The molecule has 5 nitrogen and oxygen atoms in total. The second-order valence-electron chi connectivity index (χ2n) is 7.00. The van der Waals surface area contributed by atoms with Gasteiger partial charge in [-0.25, -0.2) is 4.79 Å². The SMILES string of the molecule is Cc1sc(NC(=O)C2CC2)c(C(=O)OCC(=O)C(C)(C)C)c1C. The zero-order valence-electron chi connectivity index (χ0n) is 14.2. The predicted octanol–water partition coefficient (Wildman–Crippen LogP) is 3.49. The third-order valence-corrected chi connectivity index (χ3v) is 5.07. The third-order valence-electron chi connectivity index (χ3n) is 3.95. The number of hydrogen-bond donors (Lipinski definition) is 1. The second-order valence-corrected chi connectivity index (χ2v) is 8.22. The molecule has 0 unspecified atom stereocenters. The highest BCUT2D eigenvalue weighted by Crippen LogP contribution is 2.36. The van der Waals surface area contributed by atoms with Crippen molar-refractivity contribution in [1.82, 2.24) is 0 Å². The molecule has 1 aliphatic rings. The van der Waals surface area contributed by atoms with Crippen molar-refractivity contribution in [2.45, 2.75) is 47.5 Å². The first-order chi connectivity index (χ1) is 10.6. The van der Waals surface area contributed by atoms with E-state index >= 15 is 0 Å². The summed E-state index contributed by atoms with van der Waals surface area (Å²) in [6, 6.07) is 0. The quantitative estimate of drug-likeness (QED) is 0.835. The molecule has 1 aliphatic carbocycles. The van der Waals surface area contributed by atoms with Crippen molar-refractivity contribution in [2.75, 3.05) is 11.9 Å². The molecule has 6 heteroatoms. The highest BCUT2D eigenvalue weighted by Gasteiger charge is 2.32. The molecule has 0 atom stereocenters. The first-order valence-corrected chi connectivity index (χ1v) is 8.54. The van der Waals surface area contributed by atoms with Gasteiger partial charge in [0.1, 0.15) is 5.00 Å². The maximum Gasteiger partial charge on any atom is 0.341 e. The van der Waals surface area contributed by atoms with E-state index in [-0.39, 0.29) is 24.2 Å². The Bertz CT molecular complexity index is 650. The van der Waals surface area contributed by atoms with E-state index < -0.39 is 11.4 Å². The van der Waals surface area contributed by atoms with Crippen LogP contribution in [0.1, 0.15) is 54.4 Å². The van der Waals surface area contributed by atoms with E-state index in [1.54, 1.807) is 20.8 Å². The van der Waals surface area contributed by atoms with Gasteiger partial charge in [0.05, 0.1) is 5.56 Å². The number of carbonyl (C=O) groups is 3. The minimum atomic E-state index is -0.560. The van der Waals surface area contributed by atoms with Gasteiger partial charge in [0.15, 0.2) is 12.4 Å². The lowest BCUT2D eigenvalue weighted by molar-refractivity contribution is -0.129. The maximum absolute atomic E-state index is 12.4. The predicted molar refractivity (Wildman–Crippen MR) is 89.9 cm³/mol. The van der Waals surface area contributed by atoms with Crippen molar-refractivity contribution in [3.63, 3.8) is 0 Å². The van der Waals surface area contributed by atoms with Crippen LogP contribution in [0.25, 0.3) is 0 Å². The molecule has 1 aromatic rings. The molecule has 1 N–H and O–H groups in total. The van der Waals surface area contributed by atoms with Crippen LogP contribution in [0.3, 0.4) is 0 Å². The van der Waals surface area contributed by atoms with Gasteiger partial charge < -0.3 is 10.1 Å². The Balaban J connectivity index is 2.12. The molecule has 1 aromatic heterocycles. The third kappa shape index (κ3) is 4.19. The van der Waals surface area contributed by atoms with Crippen LogP contribution in [0.15, 0.2) is 0 Å². The number of anilines is 1. The Morgan fingerprint density at radius 3 is 2.35 bits per heavy atom. The van der Waals surface area contributed by atoms with E-state index in [2.05, 4.69) is 5.32 Å². The molecule has 0 radical (unpaired) electrons. The van der Waals surface area contributed by atoms with E-state index in [1.165, 1.54) is 11.3 Å². The van der Waals surface area contributed by atoms with Gasteiger partial charge >= 0.3 is 5.97 Å². The topological polar surface area (TPSA) is 72.5 Å². The lowest BCUT2D eigenvalue weighted by Gasteiger charge is -2.16. The summed E-state index contributed by atoms with van der Waals surface area (Å²) < 4.78 is 5.18. The van der Waals surface area contributed by atoms with Gasteiger partial charge in [-0.15, -0.1) is 11.3 Å². The maximum atomic E-state index is 12.4. The summed E-state index contributed by atoms with van der Waals surface area (Å²) in [6.07, 6.45) is 1.80. The highest BCUT2D eigenvalue weighted by atomic mass is 32.1. The Morgan fingerprint density at radius 2 is 1.83 bits per heavy atom. The van der Waals surface area contributed by atoms with E-state index in [9.17, 15) is 14.4 Å². The van der Waals surface area contributed by atoms with Gasteiger partial charge in [0.2, 0.25) is 5.91 Å². The molecule has 1 saturated carbocycles. The Morgan fingerprint density at radius 1 is 1.22 bits per heavy atom. The molecule has 1 heterocycles. The van der Waals surface area contributed by atoms with Crippen molar-refractivity contribution in [3.05, 3.63) is 16.0 Å². The van der Waals surface area contributed by atoms with Crippen molar-refractivity contribution < 1.29 is 19.1 Å². The average molecular weight is 337 g/mol. The van der Waals surface area contributed by atoms with Crippen molar-refractivity contribution >= 4 is 34.0 Å².